The van der Waals surface area contributed by atoms with Gasteiger partial charge in [0.15, 0.2) is 6.61 Å². The van der Waals surface area contributed by atoms with E-state index in [0.717, 1.165) is 28.6 Å². The van der Waals surface area contributed by atoms with Crippen molar-refractivity contribution in [2.45, 2.75) is 39.3 Å². The number of rotatable bonds is 7. The first-order valence-corrected chi connectivity index (χ1v) is 10.0. The fourth-order valence-corrected chi connectivity index (χ4v) is 3.64. The number of hydrogen-bond acceptors (Lipinski definition) is 4. The molecule has 1 aliphatic carbocycles. The molecule has 6 nitrogen and oxygen atoms in total. The van der Waals surface area contributed by atoms with Gasteiger partial charge in [0.1, 0.15) is 5.75 Å². The normalized spacial score (nSPS) is 13.8. The van der Waals surface area contributed by atoms with Crippen molar-refractivity contribution in [2.75, 3.05) is 6.61 Å². The Morgan fingerprint density at radius 1 is 1.28 bits per heavy atom. The van der Waals surface area contributed by atoms with Crippen molar-refractivity contribution in [3.05, 3.63) is 70.3 Å². The molecule has 0 radical (unpaired) electrons. The molecule has 6 heteroatoms. The summed E-state index contributed by atoms with van der Waals surface area (Å²) < 4.78 is 7.55. The largest absolute Gasteiger partial charge is 0.484 e. The van der Waals surface area contributed by atoms with Crippen LogP contribution in [-0.4, -0.2) is 22.1 Å². The minimum atomic E-state index is -0.204. The minimum Gasteiger partial charge on any atom is -0.484 e. The van der Waals surface area contributed by atoms with E-state index in [4.69, 9.17) is 4.74 Å². The highest BCUT2D eigenvalue weighted by Crippen LogP contribution is 2.29. The van der Waals surface area contributed by atoms with Crippen LogP contribution in [0, 0.1) is 12.8 Å². The van der Waals surface area contributed by atoms with Gasteiger partial charge in [0, 0.05) is 43.0 Å². The van der Waals surface area contributed by atoms with Gasteiger partial charge in [0.2, 0.25) is 0 Å². The number of aryl methyl sites for hydroxylation is 1. The quantitative estimate of drug-likeness (QED) is 0.671. The van der Waals surface area contributed by atoms with Crippen molar-refractivity contribution in [1.29, 1.82) is 0 Å². The van der Waals surface area contributed by atoms with E-state index in [2.05, 4.69) is 10.3 Å². The first-order chi connectivity index (χ1) is 14.1. The van der Waals surface area contributed by atoms with Crippen LogP contribution in [0.5, 0.6) is 5.75 Å². The maximum Gasteiger partial charge on any atom is 0.258 e. The number of amides is 1. The molecule has 0 spiro atoms. The monoisotopic (exact) mass is 391 g/mol. The third kappa shape index (κ3) is 4.47. The van der Waals surface area contributed by atoms with Crippen LogP contribution < -0.4 is 15.6 Å². The Balaban J connectivity index is 1.46. The number of nitrogens with one attached hydrogen (secondary N) is 1. The van der Waals surface area contributed by atoms with Crippen molar-refractivity contribution in [2.24, 2.45) is 5.92 Å². The van der Waals surface area contributed by atoms with Crippen LogP contribution in [0.2, 0.25) is 0 Å². The summed E-state index contributed by atoms with van der Waals surface area (Å²) in [4.78, 5) is 28.7. The zero-order valence-corrected chi connectivity index (χ0v) is 16.6. The van der Waals surface area contributed by atoms with E-state index >= 15 is 0 Å². The smallest absolute Gasteiger partial charge is 0.258 e. The summed E-state index contributed by atoms with van der Waals surface area (Å²) in [6, 6.07) is 11.1. The maximum atomic E-state index is 12.6. The summed E-state index contributed by atoms with van der Waals surface area (Å²) in [6.45, 7) is 3.02. The van der Waals surface area contributed by atoms with Crippen LogP contribution in [0.4, 0.5) is 0 Å². The van der Waals surface area contributed by atoms with Crippen molar-refractivity contribution in [3.8, 4) is 5.75 Å². The van der Waals surface area contributed by atoms with Crippen LogP contribution in [0.25, 0.3) is 10.9 Å². The molecule has 0 atom stereocenters. The number of fused-ring (bicyclic) bond motifs is 1. The van der Waals surface area contributed by atoms with E-state index in [1.807, 2.05) is 41.8 Å². The summed E-state index contributed by atoms with van der Waals surface area (Å²) in [7, 11) is 0. The topological polar surface area (TPSA) is 73.2 Å². The van der Waals surface area contributed by atoms with Crippen molar-refractivity contribution in [3.63, 3.8) is 0 Å². The van der Waals surface area contributed by atoms with Gasteiger partial charge in [-0.1, -0.05) is 12.5 Å². The summed E-state index contributed by atoms with van der Waals surface area (Å²) in [5.74, 6) is 0.952. The zero-order chi connectivity index (χ0) is 20.2. The lowest BCUT2D eigenvalue weighted by molar-refractivity contribution is -0.123. The summed E-state index contributed by atoms with van der Waals surface area (Å²) in [5.41, 5.74) is 2.78. The minimum absolute atomic E-state index is 0.0215. The van der Waals surface area contributed by atoms with Crippen molar-refractivity contribution >= 4 is 16.8 Å². The third-order valence-electron chi connectivity index (χ3n) is 5.54. The lowest BCUT2D eigenvalue weighted by Gasteiger charge is -2.27. The number of hydrogen-bond donors (Lipinski definition) is 1. The molecular weight excluding hydrogens is 366 g/mol. The Hall–Kier alpha value is -3.15. The second-order valence-electron chi connectivity index (χ2n) is 7.68. The van der Waals surface area contributed by atoms with Gasteiger partial charge in [-0.25, -0.2) is 0 Å². The number of carbonyl (C=O) groups excluding carboxylic acids is 1. The molecule has 4 rings (SSSR count). The number of aromatic nitrogens is 2. The summed E-state index contributed by atoms with van der Waals surface area (Å²) in [5, 5.41) is 3.86. The molecule has 1 aromatic carbocycles. The number of nitrogens with zero attached hydrogens (tertiary/aromatic N) is 2. The summed E-state index contributed by atoms with van der Waals surface area (Å²) >= 11 is 0. The van der Waals surface area contributed by atoms with Crippen LogP contribution in [0.3, 0.4) is 0 Å². The number of carbonyl (C=O) groups is 1. The molecule has 1 aliphatic rings. The fourth-order valence-electron chi connectivity index (χ4n) is 3.64. The Morgan fingerprint density at radius 2 is 2.14 bits per heavy atom. The maximum absolute atomic E-state index is 12.6. The van der Waals surface area contributed by atoms with Gasteiger partial charge in [0.25, 0.3) is 11.5 Å². The first-order valence-electron chi connectivity index (χ1n) is 10.0. The van der Waals surface area contributed by atoms with E-state index in [1.54, 1.807) is 18.5 Å². The molecule has 1 N–H and O–H groups in total. The van der Waals surface area contributed by atoms with Crippen molar-refractivity contribution < 1.29 is 9.53 Å². The highest BCUT2D eigenvalue weighted by atomic mass is 16.5. The Bertz CT molecular complexity index is 1070. The van der Waals surface area contributed by atoms with E-state index in [0.29, 0.717) is 18.2 Å². The van der Waals surface area contributed by atoms with Gasteiger partial charge in [-0.05, 0) is 55.0 Å². The van der Waals surface area contributed by atoms with E-state index < -0.39 is 0 Å². The highest BCUT2D eigenvalue weighted by molar-refractivity contribution is 5.84. The van der Waals surface area contributed by atoms with Gasteiger partial charge in [-0.2, -0.15) is 0 Å². The zero-order valence-electron chi connectivity index (χ0n) is 16.6. The second-order valence-corrected chi connectivity index (χ2v) is 7.68. The van der Waals surface area contributed by atoms with Crippen molar-refractivity contribution in [1.82, 2.24) is 14.9 Å². The molecule has 1 amide bonds. The molecule has 3 aromatic rings. The summed E-state index contributed by atoms with van der Waals surface area (Å²) in [6.07, 6.45) is 7.00. The second kappa shape index (κ2) is 8.47. The van der Waals surface area contributed by atoms with Crippen LogP contribution in [-0.2, 0) is 17.9 Å². The molecule has 1 saturated carbocycles. The molecule has 0 aliphatic heterocycles. The predicted molar refractivity (Wildman–Crippen MR) is 112 cm³/mol. The Labute approximate surface area is 169 Å². The van der Waals surface area contributed by atoms with Gasteiger partial charge < -0.3 is 14.6 Å². The van der Waals surface area contributed by atoms with Crippen LogP contribution in [0.1, 0.15) is 30.4 Å². The van der Waals surface area contributed by atoms with Gasteiger partial charge in [0.05, 0.1) is 5.52 Å². The van der Waals surface area contributed by atoms with E-state index in [1.165, 1.54) is 19.3 Å². The molecule has 2 aromatic heterocycles. The SMILES string of the molecule is Cc1cc(=O)n(CC2CCC2)c2cc(OCC(=O)NCc3cccnc3)ccc12. The first kappa shape index (κ1) is 19.2. The molecule has 2 heterocycles. The number of pyridine rings is 2. The average Bonchev–Trinajstić information content (AvgIpc) is 2.70. The van der Waals surface area contributed by atoms with Crippen LogP contribution in [0.15, 0.2) is 53.6 Å². The van der Waals surface area contributed by atoms with E-state index in [9.17, 15) is 9.59 Å². The van der Waals surface area contributed by atoms with Crippen LogP contribution >= 0.6 is 0 Å². The highest BCUT2D eigenvalue weighted by Gasteiger charge is 2.20. The molecule has 0 unspecified atom stereocenters. The predicted octanol–water partition coefficient (Wildman–Crippen LogP) is 3.20. The van der Waals surface area contributed by atoms with Gasteiger partial charge in [-0.3, -0.25) is 14.6 Å². The van der Waals surface area contributed by atoms with E-state index in [-0.39, 0.29) is 18.1 Å². The Kier molecular flexibility index (Phi) is 5.60. The molecule has 0 bridgehead atoms. The van der Waals surface area contributed by atoms with Gasteiger partial charge in [-0.15, -0.1) is 0 Å². The number of ether oxygens (including phenoxy) is 1. The fraction of sp³-hybridized carbons (Fsp3) is 0.348. The molecule has 29 heavy (non-hydrogen) atoms. The number of benzene rings is 1. The average molecular weight is 391 g/mol. The standard InChI is InChI=1S/C23H25N3O3/c1-16-10-23(28)26(14-17-4-2-5-17)21-11-19(7-8-20(16)21)29-15-22(27)25-13-18-6-3-9-24-12-18/h3,6-12,17H,2,4-5,13-15H2,1H3,(H,25,27). The Morgan fingerprint density at radius 3 is 2.86 bits per heavy atom. The molecule has 1 fully saturated rings. The third-order valence-corrected chi connectivity index (χ3v) is 5.54. The lowest BCUT2D eigenvalue weighted by atomic mass is 9.85. The van der Waals surface area contributed by atoms with Gasteiger partial charge >= 0.3 is 0 Å². The molecule has 0 saturated heterocycles. The molecular formula is C23H25N3O3. The lowest BCUT2D eigenvalue weighted by Crippen LogP contribution is -2.28. The molecule has 150 valence electrons.